The Morgan fingerprint density at radius 2 is 2.21 bits per heavy atom. The van der Waals surface area contributed by atoms with Gasteiger partial charge in [-0.2, -0.15) is 0 Å². The molecule has 0 bridgehead atoms. The number of allylic oxidation sites excluding steroid dienone is 4. The lowest BCUT2D eigenvalue weighted by Crippen LogP contribution is -1.87. The zero-order valence-corrected chi connectivity index (χ0v) is 9.09. The van der Waals surface area contributed by atoms with E-state index in [4.69, 9.17) is 16.3 Å². The second-order valence-electron chi connectivity index (χ2n) is 2.68. The molecule has 14 heavy (non-hydrogen) atoms. The molecule has 0 aliphatic carbocycles. The molecule has 2 nitrogen and oxygen atoms in total. The van der Waals surface area contributed by atoms with Crippen LogP contribution in [-0.4, -0.2) is 19.0 Å². The van der Waals surface area contributed by atoms with Gasteiger partial charge in [-0.1, -0.05) is 30.9 Å². The van der Waals surface area contributed by atoms with Crippen molar-refractivity contribution < 1.29 is 9.53 Å². The Morgan fingerprint density at radius 1 is 1.50 bits per heavy atom. The first-order chi connectivity index (χ1) is 6.70. The molecule has 0 atom stereocenters. The number of halogens is 1. The third-order valence-corrected chi connectivity index (χ3v) is 1.68. The Bertz CT molecular complexity index is 242. The monoisotopic (exact) mass is 214 g/mol. The van der Waals surface area contributed by atoms with Crippen LogP contribution in [0.1, 0.15) is 12.8 Å². The number of carbonyl (C=O) groups excluding carboxylic acids is 1. The lowest BCUT2D eigenvalue weighted by atomic mass is 10.1. The molecule has 0 aliphatic rings. The van der Waals surface area contributed by atoms with Crippen molar-refractivity contribution in [2.24, 2.45) is 0 Å². The molecule has 0 saturated heterocycles. The van der Waals surface area contributed by atoms with Crippen LogP contribution in [0.3, 0.4) is 0 Å². The predicted octanol–water partition coefficient (Wildman–Crippen LogP) is 2.85. The molecule has 0 rings (SSSR count). The van der Waals surface area contributed by atoms with E-state index in [0.717, 1.165) is 12.0 Å². The number of rotatable bonds is 7. The molecule has 78 valence electrons. The van der Waals surface area contributed by atoms with Gasteiger partial charge in [0.05, 0.1) is 6.61 Å². The first kappa shape index (κ1) is 13.1. The number of methoxy groups -OCH3 is 1. The first-order valence-corrected chi connectivity index (χ1v) is 4.72. The minimum atomic E-state index is -0.364. The molecule has 0 fully saturated rings. The molecule has 3 heteroatoms. The summed E-state index contributed by atoms with van der Waals surface area (Å²) >= 11 is 5.25. The van der Waals surface area contributed by atoms with E-state index in [1.807, 2.05) is 18.2 Å². The highest BCUT2D eigenvalue weighted by Crippen LogP contribution is 2.06. The summed E-state index contributed by atoms with van der Waals surface area (Å²) in [5.41, 5.74) is 0.854. The Hall–Kier alpha value is -0.860. The summed E-state index contributed by atoms with van der Waals surface area (Å²) in [4.78, 5) is 10.6. The van der Waals surface area contributed by atoms with Gasteiger partial charge in [0, 0.05) is 13.5 Å². The van der Waals surface area contributed by atoms with E-state index >= 15 is 0 Å². The van der Waals surface area contributed by atoms with Gasteiger partial charge >= 0.3 is 0 Å². The normalized spacial score (nSPS) is 12.0. The van der Waals surface area contributed by atoms with Gasteiger partial charge in [-0.25, -0.2) is 0 Å². The number of hydrogen-bond donors (Lipinski definition) is 0. The van der Waals surface area contributed by atoms with Crippen LogP contribution in [0, 0.1) is 0 Å². The Morgan fingerprint density at radius 3 is 2.71 bits per heavy atom. The van der Waals surface area contributed by atoms with Crippen molar-refractivity contribution in [3.8, 4) is 0 Å². The molecule has 0 amide bonds. The minimum Gasteiger partial charge on any atom is -0.381 e. The molecule has 0 saturated carbocycles. The van der Waals surface area contributed by atoms with Gasteiger partial charge in [-0.3, -0.25) is 4.79 Å². The van der Waals surface area contributed by atoms with Crippen molar-refractivity contribution >= 4 is 16.8 Å². The lowest BCUT2D eigenvalue weighted by molar-refractivity contribution is -0.111. The zero-order chi connectivity index (χ0) is 10.8. The highest BCUT2D eigenvalue weighted by atomic mass is 35.5. The Balaban J connectivity index is 3.92. The van der Waals surface area contributed by atoms with Crippen molar-refractivity contribution in [2.75, 3.05) is 13.7 Å². The van der Waals surface area contributed by atoms with E-state index in [-0.39, 0.29) is 11.7 Å². The number of carbonyl (C=O) groups is 1. The van der Waals surface area contributed by atoms with Crippen LogP contribution in [0.4, 0.5) is 0 Å². The maximum atomic E-state index is 10.6. The fourth-order valence-corrected chi connectivity index (χ4v) is 1.02. The second kappa shape index (κ2) is 8.73. The SMILES string of the molecule is C=C/C(=C\C/C=C\COC)CC(=O)Cl. The summed E-state index contributed by atoms with van der Waals surface area (Å²) in [6.45, 7) is 4.20. The largest absolute Gasteiger partial charge is 0.381 e. The minimum absolute atomic E-state index is 0.239. The van der Waals surface area contributed by atoms with Crippen molar-refractivity contribution in [1.29, 1.82) is 0 Å². The van der Waals surface area contributed by atoms with Crippen molar-refractivity contribution in [2.45, 2.75) is 12.8 Å². The molecule has 0 radical (unpaired) electrons. The van der Waals surface area contributed by atoms with E-state index in [2.05, 4.69) is 6.58 Å². The van der Waals surface area contributed by atoms with E-state index in [1.54, 1.807) is 13.2 Å². The summed E-state index contributed by atoms with van der Waals surface area (Å²) in [6, 6.07) is 0. The third kappa shape index (κ3) is 7.77. The van der Waals surface area contributed by atoms with Crippen LogP contribution in [0.15, 0.2) is 36.5 Å². The third-order valence-electron chi connectivity index (χ3n) is 1.55. The zero-order valence-electron chi connectivity index (χ0n) is 8.33. The summed E-state index contributed by atoms with van der Waals surface area (Å²) in [7, 11) is 1.64. The molecule has 0 N–H and O–H groups in total. The van der Waals surface area contributed by atoms with Crippen LogP contribution >= 0.6 is 11.6 Å². The topological polar surface area (TPSA) is 26.3 Å². The summed E-state index contributed by atoms with van der Waals surface area (Å²) < 4.78 is 4.84. The van der Waals surface area contributed by atoms with Gasteiger partial charge in [-0.15, -0.1) is 0 Å². The van der Waals surface area contributed by atoms with Crippen LogP contribution in [-0.2, 0) is 9.53 Å². The van der Waals surface area contributed by atoms with Gasteiger partial charge in [-0.05, 0) is 23.6 Å². The highest BCUT2D eigenvalue weighted by Gasteiger charge is 1.97. The molecular formula is C11H15ClO2. The van der Waals surface area contributed by atoms with Crippen LogP contribution < -0.4 is 0 Å². The number of ether oxygens (including phenoxy) is 1. The summed E-state index contributed by atoms with van der Waals surface area (Å²) in [6.07, 6.45) is 8.44. The van der Waals surface area contributed by atoms with Crippen molar-refractivity contribution in [3.63, 3.8) is 0 Å². The van der Waals surface area contributed by atoms with Crippen molar-refractivity contribution in [3.05, 3.63) is 36.5 Å². The van der Waals surface area contributed by atoms with E-state index in [1.165, 1.54) is 0 Å². The molecule has 0 aromatic heterocycles. The fourth-order valence-electron chi connectivity index (χ4n) is 0.868. The average Bonchev–Trinajstić information content (AvgIpc) is 2.15. The summed E-state index contributed by atoms with van der Waals surface area (Å²) in [5, 5.41) is -0.364. The fraction of sp³-hybridized carbons (Fsp3) is 0.364. The molecule has 0 aromatic rings. The lowest BCUT2D eigenvalue weighted by Gasteiger charge is -1.95. The molecule has 0 unspecified atom stereocenters. The second-order valence-corrected chi connectivity index (χ2v) is 3.10. The van der Waals surface area contributed by atoms with Gasteiger partial charge < -0.3 is 4.74 Å². The quantitative estimate of drug-likeness (QED) is 0.370. The molecule has 0 aliphatic heterocycles. The van der Waals surface area contributed by atoms with Crippen molar-refractivity contribution in [1.82, 2.24) is 0 Å². The van der Waals surface area contributed by atoms with Crippen LogP contribution in [0.2, 0.25) is 0 Å². The van der Waals surface area contributed by atoms with Gasteiger partial charge in [0.1, 0.15) is 0 Å². The van der Waals surface area contributed by atoms with Gasteiger partial charge in [0.25, 0.3) is 0 Å². The van der Waals surface area contributed by atoms with Gasteiger partial charge in [0.2, 0.25) is 5.24 Å². The van der Waals surface area contributed by atoms with E-state index in [0.29, 0.717) is 6.61 Å². The predicted molar refractivity (Wildman–Crippen MR) is 59.4 cm³/mol. The molecule has 0 heterocycles. The molecular weight excluding hydrogens is 200 g/mol. The smallest absolute Gasteiger partial charge is 0.226 e. The maximum absolute atomic E-state index is 10.6. The standard InChI is InChI=1S/C11H15ClO2/c1-3-10(9-11(12)13)7-5-4-6-8-14-2/h3-4,6-7H,1,5,8-9H2,2H3/b6-4-,10-7+. The number of hydrogen-bond acceptors (Lipinski definition) is 2. The van der Waals surface area contributed by atoms with Crippen LogP contribution in [0.25, 0.3) is 0 Å². The highest BCUT2D eigenvalue weighted by molar-refractivity contribution is 6.63. The first-order valence-electron chi connectivity index (χ1n) is 4.34. The maximum Gasteiger partial charge on any atom is 0.226 e. The van der Waals surface area contributed by atoms with E-state index < -0.39 is 0 Å². The molecule has 0 spiro atoms. The molecule has 0 aromatic carbocycles. The Kier molecular flexibility index (Phi) is 8.19. The van der Waals surface area contributed by atoms with E-state index in [9.17, 15) is 4.79 Å². The van der Waals surface area contributed by atoms with Crippen LogP contribution in [0.5, 0.6) is 0 Å². The average molecular weight is 215 g/mol. The Labute approximate surface area is 89.9 Å². The van der Waals surface area contributed by atoms with Gasteiger partial charge in [0.15, 0.2) is 0 Å². The summed E-state index contributed by atoms with van der Waals surface area (Å²) in [5.74, 6) is 0.